The summed E-state index contributed by atoms with van der Waals surface area (Å²) in [4.78, 5) is 30.8. The molecule has 0 aromatic carbocycles. The summed E-state index contributed by atoms with van der Waals surface area (Å²) in [6.07, 6.45) is 7.64. The van der Waals surface area contributed by atoms with Gasteiger partial charge < -0.3 is 15.0 Å². The maximum absolute atomic E-state index is 12.5. The molecule has 1 fully saturated rings. The first-order chi connectivity index (χ1) is 12.1. The summed E-state index contributed by atoms with van der Waals surface area (Å²) in [5.74, 6) is 0.247. The third-order valence-corrected chi connectivity index (χ3v) is 5.12. The molecular weight excluding hydrogens is 318 g/mol. The molecule has 1 aliphatic carbocycles. The largest absolute Gasteiger partial charge is 0.466 e. The van der Waals surface area contributed by atoms with E-state index in [0.29, 0.717) is 19.7 Å². The van der Waals surface area contributed by atoms with Crippen molar-refractivity contribution in [1.29, 1.82) is 0 Å². The fourth-order valence-electron chi connectivity index (χ4n) is 3.85. The van der Waals surface area contributed by atoms with Crippen LogP contribution in [-0.4, -0.2) is 48.0 Å². The van der Waals surface area contributed by atoms with Crippen LogP contribution >= 0.6 is 0 Å². The Labute approximate surface area is 148 Å². The average Bonchev–Trinajstić information content (AvgIpc) is 3.04. The number of anilines is 1. The molecule has 2 aliphatic rings. The van der Waals surface area contributed by atoms with Crippen molar-refractivity contribution in [3.63, 3.8) is 0 Å². The normalized spacial score (nSPS) is 27.7. The Hall–Kier alpha value is -2.37. The molecule has 3 rings (SSSR count). The molecule has 0 radical (unpaired) electrons. The summed E-state index contributed by atoms with van der Waals surface area (Å²) in [6.45, 7) is 5.76. The molecule has 0 bridgehead atoms. The summed E-state index contributed by atoms with van der Waals surface area (Å²) in [7, 11) is 0. The van der Waals surface area contributed by atoms with Crippen LogP contribution in [0, 0.1) is 23.7 Å². The van der Waals surface area contributed by atoms with E-state index in [-0.39, 0.29) is 42.1 Å². The monoisotopic (exact) mass is 343 g/mol. The highest BCUT2D eigenvalue weighted by Crippen LogP contribution is 2.39. The Morgan fingerprint density at radius 1 is 1.36 bits per heavy atom. The quantitative estimate of drug-likeness (QED) is 0.654. The van der Waals surface area contributed by atoms with E-state index in [9.17, 15) is 9.59 Å². The smallest absolute Gasteiger partial charge is 0.309 e. The standard InChI is InChI=1S/C19H25N3O3/c1-3-25-19(24)18-13(2)6-7-14-11-22(12-16(14)18)17(23)10-21-15-5-4-8-20-9-15/h4-9,13-14,16,18,21H,3,10-12H2,1-2H3/t13-,14-,16-,18-/m0/s1. The Morgan fingerprint density at radius 2 is 2.20 bits per heavy atom. The van der Waals surface area contributed by atoms with Crippen LogP contribution in [0.5, 0.6) is 0 Å². The van der Waals surface area contributed by atoms with Crippen molar-refractivity contribution >= 4 is 17.6 Å². The molecule has 0 unspecified atom stereocenters. The lowest BCUT2D eigenvalue weighted by Gasteiger charge is -2.31. The van der Waals surface area contributed by atoms with Gasteiger partial charge in [0, 0.05) is 25.5 Å². The summed E-state index contributed by atoms with van der Waals surface area (Å²) < 4.78 is 5.27. The van der Waals surface area contributed by atoms with Crippen LogP contribution in [0.1, 0.15) is 13.8 Å². The van der Waals surface area contributed by atoms with Crippen LogP contribution in [0.2, 0.25) is 0 Å². The number of aromatic nitrogens is 1. The van der Waals surface area contributed by atoms with E-state index in [1.165, 1.54) is 0 Å². The molecule has 6 heteroatoms. The van der Waals surface area contributed by atoms with Crippen molar-refractivity contribution in [2.24, 2.45) is 23.7 Å². The van der Waals surface area contributed by atoms with Gasteiger partial charge in [-0.05, 0) is 36.8 Å². The summed E-state index contributed by atoms with van der Waals surface area (Å²) in [5.41, 5.74) is 0.824. The number of allylic oxidation sites excluding steroid dienone is 1. The van der Waals surface area contributed by atoms with Crippen LogP contribution in [0.3, 0.4) is 0 Å². The van der Waals surface area contributed by atoms with Crippen LogP contribution in [0.25, 0.3) is 0 Å². The zero-order chi connectivity index (χ0) is 17.8. The number of carbonyl (C=O) groups excluding carboxylic acids is 2. The van der Waals surface area contributed by atoms with Crippen molar-refractivity contribution in [2.45, 2.75) is 13.8 Å². The minimum Gasteiger partial charge on any atom is -0.466 e. The number of esters is 1. The second-order valence-electron chi connectivity index (χ2n) is 6.74. The minimum atomic E-state index is -0.168. The van der Waals surface area contributed by atoms with Gasteiger partial charge in [0.25, 0.3) is 0 Å². The molecule has 4 atom stereocenters. The lowest BCUT2D eigenvalue weighted by molar-refractivity contribution is -0.152. The first kappa shape index (κ1) is 17.5. The van der Waals surface area contributed by atoms with E-state index in [4.69, 9.17) is 4.74 Å². The van der Waals surface area contributed by atoms with E-state index in [0.717, 1.165) is 5.69 Å². The summed E-state index contributed by atoms with van der Waals surface area (Å²) in [5, 5.41) is 3.10. The number of fused-ring (bicyclic) bond motifs is 1. The highest BCUT2D eigenvalue weighted by molar-refractivity contribution is 5.81. The Bertz CT molecular complexity index is 647. The number of hydrogen-bond acceptors (Lipinski definition) is 5. The van der Waals surface area contributed by atoms with Crippen LogP contribution in [0.15, 0.2) is 36.7 Å². The van der Waals surface area contributed by atoms with Gasteiger partial charge in [-0.2, -0.15) is 0 Å². The number of nitrogens with zero attached hydrogens (tertiary/aromatic N) is 2. The van der Waals surface area contributed by atoms with E-state index >= 15 is 0 Å². The second-order valence-corrected chi connectivity index (χ2v) is 6.74. The lowest BCUT2D eigenvalue weighted by Crippen LogP contribution is -2.38. The maximum atomic E-state index is 12.5. The van der Waals surface area contributed by atoms with Crippen molar-refractivity contribution < 1.29 is 14.3 Å². The number of nitrogens with one attached hydrogen (secondary N) is 1. The molecular formula is C19H25N3O3. The number of likely N-dealkylation sites (tertiary alicyclic amines) is 1. The van der Waals surface area contributed by atoms with Crippen LogP contribution in [0.4, 0.5) is 5.69 Å². The molecule has 0 spiro atoms. The van der Waals surface area contributed by atoms with Gasteiger partial charge in [-0.3, -0.25) is 14.6 Å². The van der Waals surface area contributed by atoms with Crippen LogP contribution < -0.4 is 5.32 Å². The topological polar surface area (TPSA) is 71.5 Å². The fraction of sp³-hybridized carbons (Fsp3) is 0.526. The first-order valence-corrected chi connectivity index (χ1v) is 8.86. The van der Waals surface area contributed by atoms with Crippen molar-refractivity contribution in [2.75, 3.05) is 31.6 Å². The Kier molecular flexibility index (Phi) is 5.36. The van der Waals surface area contributed by atoms with E-state index < -0.39 is 0 Å². The molecule has 1 aromatic heterocycles. The van der Waals surface area contributed by atoms with E-state index in [2.05, 4.69) is 22.5 Å². The van der Waals surface area contributed by atoms with Gasteiger partial charge in [0.1, 0.15) is 0 Å². The summed E-state index contributed by atoms with van der Waals surface area (Å²) in [6, 6.07) is 3.71. The van der Waals surface area contributed by atoms with Gasteiger partial charge in [0.05, 0.1) is 24.8 Å². The third kappa shape index (κ3) is 3.83. The first-order valence-electron chi connectivity index (χ1n) is 8.86. The molecule has 1 aliphatic heterocycles. The second kappa shape index (κ2) is 7.68. The SMILES string of the molecule is CCOC(=O)[C@@H]1[C@H]2CN(C(=O)CNc3cccnc3)C[C@@H]2C=C[C@@H]1C. The molecule has 25 heavy (non-hydrogen) atoms. The number of carbonyl (C=O) groups is 2. The molecule has 1 N–H and O–H groups in total. The van der Waals surface area contributed by atoms with Gasteiger partial charge in [-0.15, -0.1) is 0 Å². The number of pyridine rings is 1. The summed E-state index contributed by atoms with van der Waals surface area (Å²) >= 11 is 0. The maximum Gasteiger partial charge on any atom is 0.309 e. The van der Waals surface area contributed by atoms with E-state index in [1.807, 2.05) is 30.9 Å². The molecule has 2 heterocycles. The minimum absolute atomic E-state index is 0.0434. The lowest BCUT2D eigenvalue weighted by atomic mass is 9.72. The molecule has 1 saturated heterocycles. The number of hydrogen-bond donors (Lipinski definition) is 1. The van der Waals surface area contributed by atoms with Crippen molar-refractivity contribution in [1.82, 2.24) is 9.88 Å². The number of amides is 1. The number of rotatable bonds is 5. The van der Waals surface area contributed by atoms with E-state index in [1.54, 1.807) is 12.4 Å². The zero-order valence-corrected chi connectivity index (χ0v) is 14.7. The Balaban J connectivity index is 1.62. The fourth-order valence-corrected chi connectivity index (χ4v) is 3.85. The van der Waals surface area contributed by atoms with Gasteiger partial charge in [0.2, 0.25) is 5.91 Å². The highest BCUT2D eigenvalue weighted by Gasteiger charge is 2.45. The molecule has 1 aromatic rings. The predicted octanol–water partition coefficient (Wildman–Crippen LogP) is 1.95. The van der Waals surface area contributed by atoms with Crippen molar-refractivity contribution in [3.05, 3.63) is 36.7 Å². The average molecular weight is 343 g/mol. The van der Waals surface area contributed by atoms with Crippen molar-refractivity contribution in [3.8, 4) is 0 Å². The van der Waals surface area contributed by atoms with Crippen LogP contribution in [-0.2, 0) is 14.3 Å². The number of ether oxygens (including phenoxy) is 1. The highest BCUT2D eigenvalue weighted by atomic mass is 16.5. The predicted molar refractivity (Wildman–Crippen MR) is 94.7 cm³/mol. The zero-order valence-electron chi connectivity index (χ0n) is 14.7. The molecule has 0 saturated carbocycles. The Morgan fingerprint density at radius 3 is 2.92 bits per heavy atom. The molecule has 6 nitrogen and oxygen atoms in total. The van der Waals surface area contributed by atoms with Gasteiger partial charge >= 0.3 is 5.97 Å². The molecule has 134 valence electrons. The molecule has 1 amide bonds. The van der Waals surface area contributed by atoms with Gasteiger partial charge in [-0.25, -0.2) is 0 Å². The van der Waals surface area contributed by atoms with Gasteiger partial charge in [-0.1, -0.05) is 19.1 Å². The van der Waals surface area contributed by atoms with Gasteiger partial charge in [0.15, 0.2) is 0 Å². The third-order valence-electron chi connectivity index (χ3n) is 5.12.